The molecule has 0 aliphatic carbocycles. The Bertz CT molecular complexity index is 502. The average molecular weight is 296 g/mol. The van der Waals surface area contributed by atoms with Crippen molar-refractivity contribution in [1.29, 1.82) is 0 Å². The van der Waals surface area contributed by atoms with Gasteiger partial charge in [0.1, 0.15) is 0 Å². The fourth-order valence-corrected chi connectivity index (χ4v) is 3.11. The molecule has 1 unspecified atom stereocenters. The number of hydrogen-bond acceptors (Lipinski definition) is 4. The molecule has 0 aromatic carbocycles. The molecule has 0 spiro atoms. The van der Waals surface area contributed by atoms with Crippen molar-refractivity contribution < 1.29 is 13.6 Å². The molecule has 7 heteroatoms. The van der Waals surface area contributed by atoms with Gasteiger partial charge >= 0.3 is 0 Å². The highest BCUT2D eigenvalue weighted by atomic mass is 19.1. The molecule has 21 heavy (non-hydrogen) atoms. The van der Waals surface area contributed by atoms with Gasteiger partial charge in [0.2, 0.25) is 11.9 Å². The highest BCUT2D eigenvalue weighted by Crippen LogP contribution is 2.26. The maximum absolute atomic E-state index is 12.8. The second kappa shape index (κ2) is 5.91. The normalized spacial score (nSPS) is 23.9. The Morgan fingerprint density at radius 3 is 2.48 bits per heavy atom. The van der Waals surface area contributed by atoms with Crippen LogP contribution < -0.4 is 4.90 Å². The number of amides is 1. The molecule has 0 bridgehead atoms. The third-order valence-corrected chi connectivity index (χ3v) is 4.25. The molecular weight excluding hydrogens is 278 g/mol. The van der Waals surface area contributed by atoms with Crippen LogP contribution in [-0.2, 0) is 4.79 Å². The maximum Gasteiger partial charge on any atom is 0.225 e. The number of halogens is 2. The first kappa shape index (κ1) is 14.2. The van der Waals surface area contributed by atoms with Crippen LogP contribution in [0.3, 0.4) is 0 Å². The summed E-state index contributed by atoms with van der Waals surface area (Å²) in [5.41, 5.74) is 0. The quantitative estimate of drug-likeness (QED) is 0.846. The maximum atomic E-state index is 12.8. The van der Waals surface area contributed by atoms with Crippen LogP contribution in [0, 0.1) is 11.7 Å². The molecule has 2 fully saturated rings. The van der Waals surface area contributed by atoms with Gasteiger partial charge in [-0.3, -0.25) is 9.18 Å². The Hall–Kier alpha value is -1.79. The van der Waals surface area contributed by atoms with E-state index in [2.05, 4.69) is 9.97 Å². The summed E-state index contributed by atoms with van der Waals surface area (Å²) in [4.78, 5) is 23.7. The summed E-state index contributed by atoms with van der Waals surface area (Å²) in [7, 11) is 0. The van der Waals surface area contributed by atoms with E-state index in [1.54, 1.807) is 0 Å². The molecule has 2 aliphatic heterocycles. The molecule has 3 rings (SSSR count). The van der Waals surface area contributed by atoms with Crippen molar-refractivity contribution in [3.63, 3.8) is 0 Å². The summed E-state index contributed by atoms with van der Waals surface area (Å²) in [5, 5.41) is 0. The predicted molar refractivity (Wildman–Crippen MR) is 73.0 cm³/mol. The Morgan fingerprint density at radius 2 is 1.90 bits per heavy atom. The van der Waals surface area contributed by atoms with Gasteiger partial charge in [0.25, 0.3) is 0 Å². The molecule has 0 N–H and O–H groups in total. The van der Waals surface area contributed by atoms with Crippen LogP contribution in [0.4, 0.5) is 14.7 Å². The molecule has 1 aromatic rings. The van der Waals surface area contributed by atoms with Crippen molar-refractivity contribution in [2.75, 3.05) is 31.2 Å². The first-order valence-electron chi connectivity index (χ1n) is 7.25. The molecule has 5 nitrogen and oxygen atoms in total. The summed E-state index contributed by atoms with van der Waals surface area (Å²) >= 11 is 0. The van der Waals surface area contributed by atoms with E-state index in [9.17, 15) is 13.6 Å². The SMILES string of the molecule is O=C1CC(CF)CN1C1CCN(c2ncc(F)cn2)CC1. The fourth-order valence-electron chi connectivity index (χ4n) is 3.11. The molecule has 0 radical (unpaired) electrons. The Balaban J connectivity index is 1.58. The lowest BCUT2D eigenvalue weighted by Crippen LogP contribution is -2.46. The van der Waals surface area contributed by atoms with E-state index in [0.29, 0.717) is 18.9 Å². The molecule has 2 aliphatic rings. The van der Waals surface area contributed by atoms with Crippen LogP contribution in [0.1, 0.15) is 19.3 Å². The van der Waals surface area contributed by atoms with Crippen LogP contribution in [0.15, 0.2) is 12.4 Å². The summed E-state index contributed by atoms with van der Waals surface area (Å²) in [6, 6.07) is 0.172. The van der Waals surface area contributed by atoms with Gasteiger partial charge in [0, 0.05) is 38.0 Å². The molecule has 1 atom stereocenters. The fraction of sp³-hybridized carbons (Fsp3) is 0.643. The largest absolute Gasteiger partial charge is 0.341 e. The highest BCUT2D eigenvalue weighted by Gasteiger charge is 2.35. The smallest absolute Gasteiger partial charge is 0.225 e. The van der Waals surface area contributed by atoms with Gasteiger partial charge in [-0.15, -0.1) is 0 Å². The number of nitrogens with zero attached hydrogens (tertiary/aromatic N) is 4. The zero-order valence-corrected chi connectivity index (χ0v) is 11.7. The van der Waals surface area contributed by atoms with E-state index in [0.717, 1.165) is 38.3 Å². The van der Waals surface area contributed by atoms with Crippen molar-refractivity contribution in [1.82, 2.24) is 14.9 Å². The van der Waals surface area contributed by atoms with Gasteiger partial charge in [-0.05, 0) is 12.8 Å². The van der Waals surface area contributed by atoms with Gasteiger partial charge in [0.05, 0.1) is 19.1 Å². The molecule has 0 saturated carbocycles. The number of alkyl halides is 1. The third kappa shape index (κ3) is 2.96. The van der Waals surface area contributed by atoms with E-state index in [1.165, 1.54) is 0 Å². The molecular formula is C14H18F2N4O. The van der Waals surface area contributed by atoms with Gasteiger partial charge in [-0.25, -0.2) is 14.4 Å². The predicted octanol–water partition coefficient (Wildman–Crippen LogP) is 1.40. The monoisotopic (exact) mass is 296 g/mol. The minimum atomic E-state index is -0.450. The summed E-state index contributed by atoms with van der Waals surface area (Å²) in [6.07, 6.45) is 4.27. The van der Waals surface area contributed by atoms with E-state index in [-0.39, 0.29) is 17.9 Å². The minimum absolute atomic E-state index is 0.0640. The number of likely N-dealkylation sites (tertiary alicyclic amines) is 1. The summed E-state index contributed by atoms with van der Waals surface area (Å²) in [6.45, 7) is 1.55. The van der Waals surface area contributed by atoms with Gasteiger partial charge < -0.3 is 9.80 Å². The van der Waals surface area contributed by atoms with E-state index >= 15 is 0 Å². The molecule has 2 saturated heterocycles. The van der Waals surface area contributed by atoms with Crippen molar-refractivity contribution in [2.45, 2.75) is 25.3 Å². The lowest BCUT2D eigenvalue weighted by molar-refractivity contribution is -0.130. The standard InChI is InChI=1S/C14H18F2N4O/c15-6-10-5-13(21)20(9-10)12-1-3-19(4-2-12)14-17-7-11(16)8-18-14/h7-8,10,12H,1-6,9H2. The molecule has 114 valence electrons. The number of piperidine rings is 1. The van der Waals surface area contributed by atoms with Gasteiger partial charge in [-0.2, -0.15) is 0 Å². The second-order valence-electron chi connectivity index (χ2n) is 5.69. The van der Waals surface area contributed by atoms with Crippen molar-refractivity contribution in [3.8, 4) is 0 Å². The van der Waals surface area contributed by atoms with Crippen molar-refractivity contribution in [3.05, 3.63) is 18.2 Å². The van der Waals surface area contributed by atoms with Gasteiger partial charge in [-0.1, -0.05) is 0 Å². The number of carbonyl (C=O) groups excluding carboxylic acids is 1. The van der Waals surface area contributed by atoms with Crippen LogP contribution in [0.2, 0.25) is 0 Å². The molecule has 3 heterocycles. The molecule has 1 aromatic heterocycles. The van der Waals surface area contributed by atoms with Crippen LogP contribution in [-0.4, -0.2) is 53.1 Å². The Kier molecular flexibility index (Phi) is 3.98. The minimum Gasteiger partial charge on any atom is -0.341 e. The lowest BCUT2D eigenvalue weighted by atomic mass is 10.0. The number of aromatic nitrogens is 2. The van der Waals surface area contributed by atoms with E-state index in [1.807, 2.05) is 9.80 Å². The van der Waals surface area contributed by atoms with E-state index in [4.69, 9.17) is 0 Å². The zero-order valence-electron chi connectivity index (χ0n) is 11.7. The number of rotatable bonds is 3. The Labute approximate surface area is 122 Å². The summed E-state index contributed by atoms with van der Waals surface area (Å²) < 4.78 is 25.5. The van der Waals surface area contributed by atoms with Crippen LogP contribution in [0.5, 0.6) is 0 Å². The average Bonchev–Trinajstić information content (AvgIpc) is 2.89. The van der Waals surface area contributed by atoms with Gasteiger partial charge in [0.15, 0.2) is 5.82 Å². The number of anilines is 1. The third-order valence-electron chi connectivity index (χ3n) is 4.25. The zero-order chi connectivity index (χ0) is 14.8. The topological polar surface area (TPSA) is 49.3 Å². The van der Waals surface area contributed by atoms with Crippen molar-refractivity contribution >= 4 is 11.9 Å². The number of hydrogen-bond donors (Lipinski definition) is 0. The van der Waals surface area contributed by atoms with E-state index < -0.39 is 12.5 Å². The van der Waals surface area contributed by atoms with Crippen molar-refractivity contribution in [2.24, 2.45) is 5.92 Å². The molecule has 1 amide bonds. The van der Waals surface area contributed by atoms with Crippen LogP contribution >= 0.6 is 0 Å². The summed E-state index contributed by atoms with van der Waals surface area (Å²) in [5.74, 6) is -0.0112. The van der Waals surface area contributed by atoms with Crippen LogP contribution in [0.25, 0.3) is 0 Å². The first-order valence-corrected chi connectivity index (χ1v) is 7.25. The first-order chi connectivity index (χ1) is 10.2. The second-order valence-corrected chi connectivity index (χ2v) is 5.69. The number of carbonyl (C=O) groups is 1. The lowest BCUT2D eigenvalue weighted by Gasteiger charge is -2.36. The highest BCUT2D eigenvalue weighted by molar-refractivity contribution is 5.79. The Morgan fingerprint density at radius 1 is 1.24 bits per heavy atom.